The van der Waals surface area contributed by atoms with Gasteiger partial charge < -0.3 is 0 Å². The first-order valence-corrected chi connectivity index (χ1v) is 7.32. The first-order valence-electron chi connectivity index (χ1n) is 5.34. The second-order valence-corrected chi connectivity index (χ2v) is 6.24. The van der Waals surface area contributed by atoms with Crippen LogP contribution >= 0.6 is 47.2 Å². The number of carbonyl (C=O) groups is 1. The van der Waals surface area contributed by atoms with E-state index in [2.05, 4.69) is 6.58 Å². The lowest BCUT2D eigenvalue weighted by molar-refractivity contribution is -0.121. The van der Waals surface area contributed by atoms with E-state index in [1.807, 2.05) is 0 Å². The molecule has 2 rings (SSSR count). The van der Waals surface area contributed by atoms with E-state index < -0.39 is 0 Å². The molecule has 1 aliphatic heterocycles. The lowest BCUT2D eigenvalue weighted by Gasteiger charge is -2.10. The average molecular weight is 330 g/mol. The number of rotatable bonds is 3. The summed E-state index contributed by atoms with van der Waals surface area (Å²) in [6, 6.07) is 5.21. The van der Waals surface area contributed by atoms with Gasteiger partial charge in [-0.1, -0.05) is 59.3 Å². The van der Waals surface area contributed by atoms with Gasteiger partial charge in [-0.05, 0) is 23.8 Å². The van der Waals surface area contributed by atoms with E-state index in [0.717, 1.165) is 5.56 Å². The summed E-state index contributed by atoms with van der Waals surface area (Å²) in [5, 5.41) is 0.940. The Bertz CT molecular complexity index is 598. The normalized spacial score (nSPS) is 17.4. The van der Waals surface area contributed by atoms with E-state index in [9.17, 15) is 4.79 Å². The van der Waals surface area contributed by atoms with Crippen LogP contribution in [0.2, 0.25) is 10.0 Å². The van der Waals surface area contributed by atoms with Crippen LogP contribution in [-0.2, 0) is 4.79 Å². The minimum absolute atomic E-state index is 0.110. The highest BCUT2D eigenvalue weighted by Crippen LogP contribution is 2.33. The Kier molecular flexibility index (Phi) is 4.68. The van der Waals surface area contributed by atoms with Gasteiger partial charge >= 0.3 is 0 Å². The molecule has 6 heteroatoms. The highest BCUT2D eigenvalue weighted by molar-refractivity contribution is 8.26. The van der Waals surface area contributed by atoms with Crippen molar-refractivity contribution in [2.45, 2.75) is 0 Å². The molecule has 0 radical (unpaired) electrons. The smallest absolute Gasteiger partial charge is 0.266 e. The third-order valence-corrected chi connectivity index (χ3v) is 4.54. The molecule has 0 bridgehead atoms. The molecule has 0 saturated carbocycles. The maximum absolute atomic E-state index is 12.1. The summed E-state index contributed by atoms with van der Waals surface area (Å²) in [6.07, 6.45) is 3.40. The first kappa shape index (κ1) is 14.6. The zero-order valence-corrected chi connectivity index (χ0v) is 12.9. The fourth-order valence-corrected chi connectivity index (χ4v) is 3.12. The SMILES string of the molecule is C=CCN1C(=O)/C(=C\c2ccc(Cl)c(Cl)c2)SC1=S. The molecule has 19 heavy (non-hydrogen) atoms. The molecule has 0 spiro atoms. The number of amides is 1. The number of thiocarbonyl (C=S) groups is 1. The molecule has 1 aromatic carbocycles. The Hall–Kier alpha value is -0.810. The molecule has 1 aromatic rings. The Morgan fingerprint density at radius 3 is 2.74 bits per heavy atom. The topological polar surface area (TPSA) is 20.3 Å². The molecular weight excluding hydrogens is 321 g/mol. The van der Waals surface area contributed by atoms with Gasteiger partial charge in [0.15, 0.2) is 0 Å². The second kappa shape index (κ2) is 6.09. The fourth-order valence-electron chi connectivity index (χ4n) is 1.54. The molecule has 0 aromatic heterocycles. The summed E-state index contributed by atoms with van der Waals surface area (Å²) < 4.78 is 0.538. The molecule has 0 N–H and O–H groups in total. The molecule has 0 aliphatic carbocycles. The average Bonchev–Trinajstić information content (AvgIpc) is 2.62. The summed E-state index contributed by atoms with van der Waals surface area (Å²) in [4.78, 5) is 14.2. The molecule has 1 fully saturated rings. The standard InChI is InChI=1S/C13H9Cl2NOS2/c1-2-5-16-12(17)11(19-13(16)18)7-8-3-4-9(14)10(15)6-8/h2-4,6-7H,1,5H2/b11-7+. The van der Waals surface area contributed by atoms with Crippen molar-refractivity contribution in [1.29, 1.82) is 0 Å². The van der Waals surface area contributed by atoms with Crippen molar-refractivity contribution in [3.63, 3.8) is 0 Å². The minimum atomic E-state index is -0.110. The van der Waals surface area contributed by atoms with Crippen LogP contribution in [0.4, 0.5) is 0 Å². The minimum Gasteiger partial charge on any atom is -0.289 e. The summed E-state index contributed by atoms with van der Waals surface area (Å²) >= 11 is 18.2. The van der Waals surface area contributed by atoms with Gasteiger partial charge in [-0.2, -0.15) is 0 Å². The lowest BCUT2D eigenvalue weighted by atomic mass is 10.2. The van der Waals surface area contributed by atoms with Crippen molar-refractivity contribution < 1.29 is 4.79 Å². The van der Waals surface area contributed by atoms with Crippen molar-refractivity contribution in [3.8, 4) is 0 Å². The van der Waals surface area contributed by atoms with Gasteiger partial charge in [0.1, 0.15) is 4.32 Å². The lowest BCUT2D eigenvalue weighted by Crippen LogP contribution is -2.27. The van der Waals surface area contributed by atoms with Crippen molar-refractivity contribution in [3.05, 3.63) is 51.4 Å². The molecule has 1 amide bonds. The van der Waals surface area contributed by atoms with Crippen molar-refractivity contribution in [2.24, 2.45) is 0 Å². The van der Waals surface area contributed by atoms with Gasteiger partial charge in [0.05, 0.1) is 15.0 Å². The number of benzene rings is 1. The third kappa shape index (κ3) is 3.20. The van der Waals surface area contributed by atoms with E-state index in [-0.39, 0.29) is 5.91 Å². The van der Waals surface area contributed by atoms with Crippen molar-refractivity contribution in [2.75, 3.05) is 6.54 Å². The largest absolute Gasteiger partial charge is 0.289 e. The highest BCUT2D eigenvalue weighted by atomic mass is 35.5. The number of thioether (sulfide) groups is 1. The number of hydrogen-bond acceptors (Lipinski definition) is 3. The van der Waals surface area contributed by atoms with Crippen LogP contribution in [0, 0.1) is 0 Å². The maximum atomic E-state index is 12.1. The Morgan fingerprint density at radius 2 is 2.11 bits per heavy atom. The third-order valence-electron chi connectivity index (χ3n) is 2.43. The highest BCUT2D eigenvalue weighted by Gasteiger charge is 2.30. The Morgan fingerprint density at radius 1 is 1.37 bits per heavy atom. The van der Waals surface area contributed by atoms with Crippen LogP contribution in [-0.4, -0.2) is 21.7 Å². The molecule has 1 saturated heterocycles. The van der Waals surface area contributed by atoms with E-state index >= 15 is 0 Å². The van der Waals surface area contributed by atoms with Crippen molar-refractivity contribution in [1.82, 2.24) is 4.90 Å². The summed E-state index contributed by atoms with van der Waals surface area (Å²) in [5.41, 5.74) is 0.813. The molecule has 1 heterocycles. The monoisotopic (exact) mass is 329 g/mol. The van der Waals surface area contributed by atoms with Gasteiger partial charge in [-0.25, -0.2) is 0 Å². The zero-order chi connectivity index (χ0) is 14.0. The van der Waals surface area contributed by atoms with Gasteiger partial charge in [0.2, 0.25) is 0 Å². The van der Waals surface area contributed by atoms with Crippen LogP contribution in [0.3, 0.4) is 0 Å². The maximum Gasteiger partial charge on any atom is 0.266 e. The molecule has 98 valence electrons. The van der Waals surface area contributed by atoms with E-state index in [1.165, 1.54) is 16.7 Å². The van der Waals surface area contributed by atoms with Gasteiger partial charge in [0.25, 0.3) is 5.91 Å². The predicted octanol–water partition coefficient (Wildman–Crippen LogP) is 4.38. The molecular formula is C13H9Cl2NOS2. The van der Waals surface area contributed by atoms with Crippen LogP contribution in [0.5, 0.6) is 0 Å². The molecule has 0 atom stereocenters. The van der Waals surface area contributed by atoms with Gasteiger partial charge in [0, 0.05) is 6.54 Å². The van der Waals surface area contributed by atoms with E-state index in [4.69, 9.17) is 35.4 Å². The first-order chi connectivity index (χ1) is 9.02. The summed E-state index contributed by atoms with van der Waals surface area (Å²) in [6.45, 7) is 4.03. The summed E-state index contributed by atoms with van der Waals surface area (Å²) in [7, 11) is 0. The Balaban J connectivity index is 2.29. The van der Waals surface area contributed by atoms with Gasteiger partial charge in [-0.3, -0.25) is 9.69 Å². The van der Waals surface area contributed by atoms with E-state index in [1.54, 1.807) is 30.4 Å². The second-order valence-electron chi connectivity index (χ2n) is 3.75. The number of halogens is 2. The number of carbonyl (C=O) groups excluding carboxylic acids is 1. The van der Waals surface area contributed by atoms with Gasteiger partial charge in [-0.15, -0.1) is 6.58 Å². The molecule has 1 aliphatic rings. The van der Waals surface area contributed by atoms with Crippen LogP contribution in [0.1, 0.15) is 5.56 Å². The van der Waals surface area contributed by atoms with Crippen molar-refractivity contribution >= 4 is 63.5 Å². The quantitative estimate of drug-likeness (QED) is 0.466. The zero-order valence-electron chi connectivity index (χ0n) is 9.73. The predicted molar refractivity (Wildman–Crippen MR) is 86.5 cm³/mol. The Labute approximate surface area is 131 Å². The number of hydrogen-bond donors (Lipinski definition) is 0. The summed E-state index contributed by atoms with van der Waals surface area (Å²) in [5.74, 6) is -0.110. The molecule has 2 nitrogen and oxygen atoms in total. The van der Waals surface area contributed by atoms with Crippen LogP contribution in [0.15, 0.2) is 35.8 Å². The fraction of sp³-hybridized carbons (Fsp3) is 0.0769. The molecule has 0 unspecified atom stereocenters. The van der Waals surface area contributed by atoms with E-state index in [0.29, 0.717) is 25.8 Å². The van der Waals surface area contributed by atoms with Crippen LogP contribution < -0.4 is 0 Å². The van der Waals surface area contributed by atoms with Crippen LogP contribution in [0.25, 0.3) is 6.08 Å². The number of nitrogens with zero attached hydrogens (tertiary/aromatic N) is 1.